The van der Waals surface area contributed by atoms with E-state index in [2.05, 4.69) is 59.0 Å². The van der Waals surface area contributed by atoms with Gasteiger partial charge in [0.05, 0.1) is 10.2 Å². The zero-order valence-electron chi connectivity index (χ0n) is 12.3. The molecule has 0 aromatic carbocycles. The highest BCUT2D eigenvalue weighted by Crippen LogP contribution is 2.31. The Morgan fingerprint density at radius 2 is 2.05 bits per heavy atom. The second kappa shape index (κ2) is 6.35. The van der Waals surface area contributed by atoms with Crippen molar-refractivity contribution in [3.63, 3.8) is 0 Å². The Balaban J connectivity index is 2.59. The Bertz CT molecular complexity index is 591. The van der Waals surface area contributed by atoms with E-state index in [0.717, 1.165) is 34.8 Å². The molecule has 0 bridgehead atoms. The lowest BCUT2D eigenvalue weighted by Gasteiger charge is -2.14. The third kappa shape index (κ3) is 2.85. The molecule has 0 saturated carbocycles. The van der Waals surface area contributed by atoms with E-state index in [1.54, 1.807) is 6.20 Å². The summed E-state index contributed by atoms with van der Waals surface area (Å²) in [5.74, 6) is 1.87. The number of hydrogen-bond acceptors (Lipinski definition) is 4. The van der Waals surface area contributed by atoms with E-state index in [-0.39, 0.29) is 0 Å². The Kier molecular flexibility index (Phi) is 4.75. The molecular formula is C14H20BrN5. The van der Waals surface area contributed by atoms with Crippen LogP contribution in [0.5, 0.6) is 0 Å². The van der Waals surface area contributed by atoms with E-state index in [0.29, 0.717) is 11.7 Å². The van der Waals surface area contributed by atoms with Crippen LogP contribution >= 0.6 is 15.9 Å². The molecule has 0 aliphatic rings. The summed E-state index contributed by atoms with van der Waals surface area (Å²) >= 11 is 3.61. The van der Waals surface area contributed by atoms with Gasteiger partial charge in [0, 0.05) is 19.3 Å². The zero-order valence-corrected chi connectivity index (χ0v) is 13.9. The van der Waals surface area contributed by atoms with Gasteiger partial charge in [-0.05, 0) is 41.8 Å². The average molecular weight is 338 g/mol. The van der Waals surface area contributed by atoms with Crippen molar-refractivity contribution in [2.75, 3.05) is 11.9 Å². The van der Waals surface area contributed by atoms with Crippen LogP contribution in [0.25, 0.3) is 11.5 Å². The summed E-state index contributed by atoms with van der Waals surface area (Å²) in [6.45, 7) is 9.99. The fourth-order valence-electron chi connectivity index (χ4n) is 2.02. The molecule has 0 unspecified atom stereocenters. The number of nitrogens with zero attached hydrogens (tertiary/aromatic N) is 4. The van der Waals surface area contributed by atoms with E-state index in [4.69, 9.17) is 4.98 Å². The summed E-state index contributed by atoms with van der Waals surface area (Å²) < 4.78 is 2.85. The van der Waals surface area contributed by atoms with Crippen LogP contribution in [0.4, 0.5) is 5.82 Å². The Morgan fingerprint density at radius 3 is 2.65 bits per heavy atom. The summed E-state index contributed by atoms with van der Waals surface area (Å²) in [4.78, 5) is 9.33. The number of hydrogen-bond donors (Lipinski definition) is 1. The normalized spacial score (nSPS) is 11.1. The van der Waals surface area contributed by atoms with Gasteiger partial charge in [-0.2, -0.15) is 5.10 Å². The predicted octanol–water partition coefficient (Wildman–Crippen LogP) is 3.68. The molecule has 2 aromatic rings. The van der Waals surface area contributed by atoms with Crippen LogP contribution in [0.3, 0.4) is 0 Å². The number of aromatic nitrogens is 4. The summed E-state index contributed by atoms with van der Waals surface area (Å²) in [5.41, 5.74) is 1.95. The van der Waals surface area contributed by atoms with Crippen LogP contribution in [-0.4, -0.2) is 26.3 Å². The van der Waals surface area contributed by atoms with Crippen LogP contribution in [0, 0.1) is 0 Å². The van der Waals surface area contributed by atoms with Gasteiger partial charge in [0.25, 0.3) is 0 Å². The van der Waals surface area contributed by atoms with Gasteiger partial charge in [-0.15, -0.1) is 0 Å². The van der Waals surface area contributed by atoms with E-state index in [1.165, 1.54) is 0 Å². The lowest BCUT2D eigenvalue weighted by Crippen LogP contribution is -2.09. The first-order valence-electron chi connectivity index (χ1n) is 6.91. The zero-order chi connectivity index (χ0) is 14.7. The van der Waals surface area contributed by atoms with Gasteiger partial charge in [-0.3, -0.25) is 4.68 Å². The molecule has 20 heavy (non-hydrogen) atoms. The van der Waals surface area contributed by atoms with Crippen molar-refractivity contribution in [2.24, 2.45) is 0 Å². The van der Waals surface area contributed by atoms with Crippen LogP contribution in [-0.2, 0) is 6.54 Å². The molecule has 2 heterocycles. The van der Waals surface area contributed by atoms with E-state index in [1.807, 2.05) is 10.7 Å². The SMILES string of the molecule is CCNc1nc(-c2ccnn2CC)nc(C(C)C)c1Br. The second-order valence-electron chi connectivity index (χ2n) is 4.81. The quantitative estimate of drug-likeness (QED) is 0.904. The third-order valence-corrected chi connectivity index (χ3v) is 3.79. The minimum absolute atomic E-state index is 0.321. The first-order chi connectivity index (χ1) is 9.58. The lowest BCUT2D eigenvalue weighted by molar-refractivity contribution is 0.662. The van der Waals surface area contributed by atoms with Gasteiger partial charge in [0.2, 0.25) is 0 Å². The number of aryl methyl sites for hydroxylation is 1. The average Bonchev–Trinajstić information content (AvgIpc) is 2.89. The van der Waals surface area contributed by atoms with Crippen molar-refractivity contribution < 1.29 is 0 Å². The van der Waals surface area contributed by atoms with Gasteiger partial charge in [-0.1, -0.05) is 13.8 Å². The fraction of sp³-hybridized carbons (Fsp3) is 0.500. The second-order valence-corrected chi connectivity index (χ2v) is 5.61. The topological polar surface area (TPSA) is 55.6 Å². The first kappa shape index (κ1) is 15.0. The lowest BCUT2D eigenvalue weighted by atomic mass is 10.1. The Hall–Kier alpha value is -1.43. The standard InChI is InChI=1S/C14H20BrN5/c1-5-16-14-11(15)12(9(3)4)18-13(19-14)10-7-8-17-20(10)6-2/h7-9H,5-6H2,1-4H3,(H,16,18,19). The van der Waals surface area contributed by atoms with Gasteiger partial charge in [-0.25, -0.2) is 9.97 Å². The van der Waals surface area contributed by atoms with Gasteiger partial charge >= 0.3 is 0 Å². The number of rotatable bonds is 5. The van der Waals surface area contributed by atoms with Crippen molar-refractivity contribution in [2.45, 2.75) is 40.2 Å². The molecule has 5 nitrogen and oxygen atoms in total. The molecule has 0 spiro atoms. The van der Waals surface area contributed by atoms with Gasteiger partial charge < -0.3 is 5.32 Å². The fourth-order valence-corrected chi connectivity index (χ4v) is 2.80. The first-order valence-corrected chi connectivity index (χ1v) is 7.71. The molecule has 108 valence electrons. The van der Waals surface area contributed by atoms with E-state index < -0.39 is 0 Å². The summed E-state index contributed by atoms with van der Waals surface area (Å²) in [5, 5.41) is 7.57. The number of halogens is 1. The molecular weight excluding hydrogens is 318 g/mol. The molecule has 0 saturated heterocycles. The third-order valence-electron chi connectivity index (χ3n) is 3.01. The maximum Gasteiger partial charge on any atom is 0.180 e. The molecule has 2 rings (SSSR count). The molecule has 1 N–H and O–H groups in total. The number of anilines is 1. The summed E-state index contributed by atoms with van der Waals surface area (Å²) in [7, 11) is 0. The summed E-state index contributed by atoms with van der Waals surface area (Å²) in [6, 6.07) is 1.95. The largest absolute Gasteiger partial charge is 0.369 e. The highest BCUT2D eigenvalue weighted by atomic mass is 79.9. The maximum atomic E-state index is 4.71. The predicted molar refractivity (Wildman–Crippen MR) is 84.9 cm³/mol. The molecule has 6 heteroatoms. The minimum atomic E-state index is 0.321. The van der Waals surface area contributed by atoms with Crippen molar-refractivity contribution in [1.82, 2.24) is 19.7 Å². The summed E-state index contributed by atoms with van der Waals surface area (Å²) in [6.07, 6.45) is 1.78. The Labute approximate surface area is 128 Å². The molecule has 0 amide bonds. The van der Waals surface area contributed by atoms with Crippen molar-refractivity contribution in [1.29, 1.82) is 0 Å². The van der Waals surface area contributed by atoms with Crippen LogP contribution in [0.1, 0.15) is 39.3 Å². The van der Waals surface area contributed by atoms with Crippen molar-refractivity contribution in [3.05, 3.63) is 22.4 Å². The van der Waals surface area contributed by atoms with Crippen LogP contribution < -0.4 is 5.32 Å². The van der Waals surface area contributed by atoms with Crippen LogP contribution in [0.2, 0.25) is 0 Å². The molecule has 0 fully saturated rings. The molecule has 2 aromatic heterocycles. The molecule has 0 atom stereocenters. The van der Waals surface area contributed by atoms with Gasteiger partial charge in [0.1, 0.15) is 11.5 Å². The van der Waals surface area contributed by atoms with Gasteiger partial charge in [0.15, 0.2) is 5.82 Å². The smallest absolute Gasteiger partial charge is 0.180 e. The highest BCUT2D eigenvalue weighted by molar-refractivity contribution is 9.10. The highest BCUT2D eigenvalue weighted by Gasteiger charge is 2.17. The molecule has 0 radical (unpaired) electrons. The van der Waals surface area contributed by atoms with E-state index in [9.17, 15) is 0 Å². The monoisotopic (exact) mass is 337 g/mol. The number of nitrogens with one attached hydrogen (secondary N) is 1. The molecule has 0 aliphatic heterocycles. The minimum Gasteiger partial charge on any atom is -0.369 e. The van der Waals surface area contributed by atoms with Crippen LogP contribution in [0.15, 0.2) is 16.7 Å². The molecule has 0 aliphatic carbocycles. The Morgan fingerprint density at radius 1 is 1.30 bits per heavy atom. The van der Waals surface area contributed by atoms with Crippen molar-refractivity contribution >= 4 is 21.7 Å². The maximum absolute atomic E-state index is 4.71. The van der Waals surface area contributed by atoms with E-state index >= 15 is 0 Å². The van der Waals surface area contributed by atoms with Crippen molar-refractivity contribution in [3.8, 4) is 11.5 Å².